The maximum atomic E-state index is 13.1. The highest BCUT2D eigenvalue weighted by Crippen LogP contribution is 2.19. The minimum absolute atomic E-state index is 0.325. The van der Waals surface area contributed by atoms with Gasteiger partial charge >= 0.3 is 5.97 Å². The van der Waals surface area contributed by atoms with Gasteiger partial charge in [0.1, 0.15) is 11.4 Å². The van der Waals surface area contributed by atoms with Gasteiger partial charge < -0.3 is 5.11 Å². The first-order chi connectivity index (χ1) is 8.45. The molecule has 0 radical (unpaired) electrons. The van der Waals surface area contributed by atoms with Crippen molar-refractivity contribution < 1.29 is 14.3 Å². The molecule has 5 heteroatoms. The van der Waals surface area contributed by atoms with Crippen molar-refractivity contribution in [2.75, 3.05) is 0 Å². The number of hydrogen-bond donors (Lipinski definition) is 2. The van der Waals surface area contributed by atoms with E-state index < -0.39 is 11.5 Å². The van der Waals surface area contributed by atoms with Gasteiger partial charge in [-0.2, -0.15) is 0 Å². The van der Waals surface area contributed by atoms with E-state index in [4.69, 9.17) is 0 Å². The molecule has 0 spiro atoms. The van der Waals surface area contributed by atoms with Crippen LogP contribution in [-0.4, -0.2) is 16.6 Å². The van der Waals surface area contributed by atoms with Gasteiger partial charge in [0.25, 0.3) is 0 Å². The number of halogens is 2. The summed E-state index contributed by atoms with van der Waals surface area (Å²) in [6, 6.07) is 4.66. The van der Waals surface area contributed by atoms with Crippen LogP contribution >= 0.6 is 15.9 Å². The van der Waals surface area contributed by atoms with Crippen molar-refractivity contribution in [2.24, 2.45) is 0 Å². The molecule has 3 nitrogen and oxygen atoms in total. The normalized spacial score (nSPS) is 11.6. The number of carboxylic acids is 1. The van der Waals surface area contributed by atoms with Crippen LogP contribution < -0.4 is 5.32 Å². The second-order valence-electron chi connectivity index (χ2n) is 4.20. The lowest BCUT2D eigenvalue weighted by molar-refractivity contribution is -0.145. The van der Waals surface area contributed by atoms with Crippen molar-refractivity contribution in [2.45, 2.75) is 38.8 Å². The van der Waals surface area contributed by atoms with Crippen molar-refractivity contribution in [3.05, 3.63) is 34.1 Å². The summed E-state index contributed by atoms with van der Waals surface area (Å²) < 4.78 is 13.5. The molecule has 0 saturated carbocycles. The van der Waals surface area contributed by atoms with Crippen LogP contribution in [0.3, 0.4) is 0 Å². The standard InChI is InChI=1S/C13H17BrFNO2/c1-3-13(4-2,12(17)18)16-8-9-5-6-11(15)10(14)7-9/h5-7,16H,3-4,8H2,1-2H3,(H,17,18). The fourth-order valence-electron chi connectivity index (χ4n) is 1.80. The molecule has 1 rings (SSSR count). The van der Waals surface area contributed by atoms with Gasteiger partial charge in [-0.3, -0.25) is 10.1 Å². The summed E-state index contributed by atoms with van der Waals surface area (Å²) in [6.45, 7) is 4.07. The van der Waals surface area contributed by atoms with E-state index in [-0.39, 0.29) is 5.82 Å². The van der Waals surface area contributed by atoms with Crippen LogP contribution in [-0.2, 0) is 11.3 Å². The molecule has 0 aromatic heterocycles. The third-order valence-corrected chi connectivity index (χ3v) is 3.84. The Morgan fingerprint density at radius 1 is 1.44 bits per heavy atom. The third-order valence-electron chi connectivity index (χ3n) is 3.23. The van der Waals surface area contributed by atoms with E-state index in [1.54, 1.807) is 12.1 Å². The Hall–Kier alpha value is -0.940. The zero-order valence-electron chi connectivity index (χ0n) is 10.5. The first kappa shape index (κ1) is 15.1. The van der Waals surface area contributed by atoms with Crippen LogP contribution in [0, 0.1) is 5.82 Å². The highest BCUT2D eigenvalue weighted by molar-refractivity contribution is 9.10. The smallest absolute Gasteiger partial charge is 0.323 e. The molecule has 2 N–H and O–H groups in total. The lowest BCUT2D eigenvalue weighted by Crippen LogP contribution is -2.50. The Bertz CT molecular complexity index is 433. The Labute approximate surface area is 115 Å². The first-order valence-electron chi connectivity index (χ1n) is 5.87. The average Bonchev–Trinajstić information content (AvgIpc) is 2.35. The molecular formula is C13H17BrFNO2. The molecule has 0 aliphatic carbocycles. The predicted molar refractivity (Wildman–Crippen MR) is 71.9 cm³/mol. The highest BCUT2D eigenvalue weighted by atomic mass is 79.9. The monoisotopic (exact) mass is 317 g/mol. The number of rotatable bonds is 6. The summed E-state index contributed by atoms with van der Waals surface area (Å²) in [6.07, 6.45) is 1.00. The molecule has 0 aliphatic heterocycles. The van der Waals surface area contributed by atoms with E-state index in [9.17, 15) is 14.3 Å². The molecule has 0 saturated heterocycles. The quantitative estimate of drug-likeness (QED) is 0.846. The van der Waals surface area contributed by atoms with Crippen molar-refractivity contribution in [1.82, 2.24) is 5.32 Å². The van der Waals surface area contributed by atoms with Crippen molar-refractivity contribution in [3.63, 3.8) is 0 Å². The van der Waals surface area contributed by atoms with Gasteiger partial charge in [-0.15, -0.1) is 0 Å². The summed E-state index contributed by atoms with van der Waals surface area (Å²) in [5.41, 5.74) is -0.0725. The van der Waals surface area contributed by atoms with Crippen LogP contribution in [0.25, 0.3) is 0 Å². The Balaban J connectivity index is 2.79. The van der Waals surface area contributed by atoms with Gasteiger partial charge in [0, 0.05) is 6.54 Å². The third kappa shape index (κ3) is 3.29. The van der Waals surface area contributed by atoms with E-state index in [1.807, 2.05) is 13.8 Å². The Kier molecular flexibility index (Phi) is 5.28. The fourth-order valence-corrected chi connectivity index (χ4v) is 2.23. The van der Waals surface area contributed by atoms with Gasteiger partial charge in [0.05, 0.1) is 4.47 Å². The molecule has 0 unspecified atom stereocenters. The van der Waals surface area contributed by atoms with Gasteiger partial charge in [0.15, 0.2) is 0 Å². The van der Waals surface area contributed by atoms with Crippen molar-refractivity contribution >= 4 is 21.9 Å². The fraction of sp³-hybridized carbons (Fsp3) is 0.462. The molecule has 0 amide bonds. The second kappa shape index (κ2) is 6.29. The van der Waals surface area contributed by atoms with E-state index in [0.717, 1.165) is 5.56 Å². The molecule has 1 aromatic carbocycles. The number of benzene rings is 1. The molecule has 0 heterocycles. The number of hydrogen-bond acceptors (Lipinski definition) is 2. The largest absolute Gasteiger partial charge is 0.480 e. The molecular weight excluding hydrogens is 301 g/mol. The van der Waals surface area contributed by atoms with Crippen LogP contribution in [0.5, 0.6) is 0 Å². The zero-order chi connectivity index (χ0) is 13.8. The second-order valence-corrected chi connectivity index (χ2v) is 5.05. The lowest BCUT2D eigenvalue weighted by Gasteiger charge is -2.28. The van der Waals surface area contributed by atoms with E-state index in [0.29, 0.717) is 23.9 Å². The molecule has 18 heavy (non-hydrogen) atoms. The van der Waals surface area contributed by atoms with Crippen LogP contribution in [0.2, 0.25) is 0 Å². The summed E-state index contributed by atoms with van der Waals surface area (Å²) >= 11 is 3.11. The van der Waals surface area contributed by atoms with Crippen LogP contribution in [0.15, 0.2) is 22.7 Å². The first-order valence-corrected chi connectivity index (χ1v) is 6.67. The molecule has 100 valence electrons. The summed E-state index contributed by atoms with van der Waals surface area (Å²) in [5, 5.41) is 12.3. The highest BCUT2D eigenvalue weighted by Gasteiger charge is 2.33. The van der Waals surface area contributed by atoms with E-state index >= 15 is 0 Å². The molecule has 0 fully saturated rings. The lowest BCUT2D eigenvalue weighted by atomic mass is 9.92. The Morgan fingerprint density at radius 3 is 2.50 bits per heavy atom. The maximum Gasteiger partial charge on any atom is 0.323 e. The number of carboxylic acid groups (broad SMARTS) is 1. The zero-order valence-corrected chi connectivity index (χ0v) is 12.1. The number of aliphatic carboxylic acids is 1. The van der Waals surface area contributed by atoms with Gasteiger partial charge in [-0.25, -0.2) is 4.39 Å². The van der Waals surface area contributed by atoms with Gasteiger partial charge in [-0.1, -0.05) is 19.9 Å². The number of carbonyl (C=O) groups is 1. The average molecular weight is 318 g/mol. The SMILES string of the molecule is CCC(CC)(NCc1ccc(F)c(Br)c1)C(=O)O. The predicted octanol–water partition coefficient (Wildman–Crippen LogP) is 3.32. The van der Waals surface area contributed by atoms with Gasteiger partial charge in [-0.05, 0) is 46.5 Å². The minimum atomic E-state index is -0.916. The summed E-state index contributed by atoms with van der Waals surface area (Å²) in [4.78, 5) is 11.3. The minimum Gasteiger partial charge on any atom is -0.480 e. The van der Waals surface area contributed by atoms with E-state index in [1.165, 1.54) is 6.07 Å². The van der Waals surface area contributed by atoms with Crippen LogP contribution in [0.4, 0.5) is 4.39 Å². The molecule has 0 atom stereocenters. The van der Waals surface area contributed by atoms with E-state index in [2.05, 4.69) is 21.2 Å². The maximum absolute atomic E-state index is 13.1. The molecule has 0 aliphatic rings. The summed E-state index contributed by atoms with van der Waals surface area (Å²) in [5.74, 6) is -1.18. The Morgan fingerprint density at radius 2 is 2.06 bits per heavy atom. The van der Waals surface area contributed by atoms with Crippen LogP contribution in [0.1, 0.15) is 32.3 Å². The molecule has 0 bridgehead atoms. The molecule has 1 aromatic rings. The van der Waals surface area contributed by atoms with Crippen molar-refractivity contribution in [1.29, 1.82) is 0 Å². The van der Waals surface area contributed by atoms with Crippen molar-refractivity contribution in [3.8, 4) is 0 Å². The summed E-state index contributed by atoms with van der Waals surface area (Å²) in [7, 11) is 0. The number of nitrogens with one attached hydrogen (secondary N) is 1. The topological polar surface area (TPSA) is 49.3 Å². The van der Waals surface area contributed by atoms with Gasteiger partial charge in [0.2, 0.25) is 0 Å².